The van der Waals surface area contributed by atoms with Gasteiger partial charge in [0.25, 0.3) is 5.91 Å². The Labute approximate surface area is 180 Å². The summed E-state index contributed by atoms with van der Waals surface area (Å²) in [6.07, 6.45) is 5.64. The van der Waals surface area contributed by atoms with Crippen LogP contribution in [0.25, 0.3) is 0 Å². The second kappa shape index (κ2) is 8.33. The summed E-state index contributed by atoms with van der Waals surface area (Å²) in [6.45, 7) is 2.25. The molecule has 2 aromatic rings. The van der Waals surface area contributed by atoms with Crippen LogP contribution >= 0.6 is 23.2 Å². The zero-order chi connectivity index (χ0) is 20.5. The number of benzene rings is 1. The molecule has 0 N–H and O–H groups in total. The van der Waals surface area contributed by atoms with Crippen molar-refractivity contribution in [3.8, 4) is 0 Å². The van der Waals surface area contributed by atoms with E-state index in [1.165, 1.54) is 17.5 Å². The van der Waals surface area contributed by atoms with Crippen LogP contribution in [0.1, 0.15) is 36.8 Å². The van der Waals surface area contributed by atoms with Crippen molar-refractivity contribution in [1.29, 1.82) is 0 Å². The van der Waals surface area contributed by atoms with Gasteiger partial charge in [-0.1, -0.05) is 54.6 Å². The van der Waals surface area contributed by atoms with Crippen LogP contribution in [-0.2, 0) is 16.1 Å². The highest BCUT2D eigenvalue weighted by Crippen LogP contribution is 2.35. The van der Waals surface area contributed by atoms with E-state index >= 15 is 0 Å². The van der Waals surface area contributed by atoms with Gasteiger partial charge in [0.05, 0.1) is 5.02 Å². The first-order chi connectivity index (χ1) is 13.9. The molecule has 29 heavy (non-hydrogen) atoms. The Bertz CT molecular complexity index is 928. The van der Waals surface area contributed by atoms with Crippen molar-refractivity contribution in [2.24, 2.45) is 5.92 Å². The molecule has 0 radical (unpaired) electrons. The van der Waals surface area contributed by atoms with Crippen molar-refractivity contribution in [3.63, 3.8) is 0 Å². The number of hydrogen-bond acceptors (Lipinski definition) is 3. The molecule has 1 saturated carbocycles. The fraction of sp³-hybridized carbons (Fsp3) is 0.409. The van der Waals surface area contributed by atoms with Crippen LogP contribution in [-0.4, -0.2) is 34.3 Å². The lowest BCUT2D eigenvalue weighted by Crippen LogP contribution is -2.60. The fourth-order valence-corrected chi connectivity index (χ4v) is 4.38. The highest BCUT2D eigenvalue weighted by Gasteiger charge is 2.42. The lowest BCUT2D eigenvalue weighted by Gasteiger charge is -2.42. The molecule has 1 aromatic heterocycles. The molecular weight excluding hydrogens is 409 g/mol. The van der Waals surface area contributed by atoms with Gasteiger partial charge in [0, 0.05) is 17.8 Å². The van der Waals surface area contributed by atoms with E-state index in [1.807, 2.05) is 19.1 Å². The second-order valence-corrected chi connectivity index (χ2v) is 8.79. The Morgan fingerprint density at radius 2 is 1.83 bits per heavy atom. The highest BCUT2D eigenvalue weighted by atomic mass is 35.5. The zero-order valence-electron chi connectivity index (χ0n) is 16.3. The Morgan fingerprint density at radius 3 is 2.45 bits per heavy atom. The molecule has 1 aliphatic heterocycles. The molecule has 152 valence electrons. The summed E-state index contributed by atoms with van der Waals surface area (Å²) < 4.78 is 0. The molecule has 0 spiro atoms. The normalized spacial score (nSPS) is 20.2. The van der Waals surface area contributed by atoms with Crippen LogP contribution in [0.5, 0.6) is 0 Å². The van der Waals surface area contributed by atoms with Gasteiger partial charge in [-0.05, 0) is 48.6 Å². The maximum atomic E-state index is 13.5. The number of piperazine rings is 1. The molecule has 1 aliphatic carbocycles. The van der Waals surface area contributed by atoms with E-state index in [0.717, 1.165) is 24.0 Å². The van der Waals surface area contributed by atoms with Gasteiger partial charge in [-0.3, -0.25) is 14.5 Å². The number of carbonyl (C=O) groups is 2. The monoisotopic (exact) mass is 431 g/mol. The molecule has 1 aromatic carbocycles. The summed E-state index contributed by atoms with van der Waals surface area (Å²) in [5, 5.41) is 1.16. The maximum absolute atomic E-state index is 13.5. The summed E-state index contributed by atoms with van der Waals surface area (Å²) in [5.41, 5.74) is 1.75. The van der Waals surface area contributed by atoms with Crippen molar-refractivity contribution in [3.05, 3.63) is 57.7 Å². The van der Waals surface area contributed by atoms with Crippen molar-refractivity contribution >= 4 is 40.8 Å². The quantitative estimate of drug-likeness (QED) is 0.692. The van der Waals surface area contributed by atoms with E-state index in [9.17, 15) is 9.59 Å². The Kier molecular flexibility index (Phi) is 5.79. The van der Waals surface area contributed by atoms with Gasteiger partial charge < -0.3 is 4.90 Å². The van der Waals surface area contributed by atoms with E-state index in [1.54, 1.807) is 23.1 Å². The summed E-state index contributed by atoms with van der Waals surface area (Å²) in [4.78, 5) is 34.2. The van der Waals surface area contributed by atoms with E-state index in [0.29, 0.717) is 34.7 Å². The minimum atomic E-state index is -0.478. The number of amides is 2. The second-order valence-electron chi connectivity index (χ2n) is 7.91. The number of aryl methyl sites for hydroxylation is 1. The van der Waals surface area contributed by atoms with Crippen LogP contribution in [0.3, 0.4) is 0 Å². The standard InChI is InChI=1S/C22H23Cl2N3O2/c1-14-9-18(24)11-25-21(14)27-13-20(28)26(12-16-5-7-17(23)8-6-16)19(22(27)29)10-15-3-2-4-15/h5-9,11,15,19H,2-4,10,12-13H2,1H3. The van der Waals surface area contributed by atoms with Gasteiger partial charge in [-0.25, -0.2) is 4.98 Å². The Morgan fingerprint density at radius 1 is 1.10 bits per heavy atom. The van der Waals surface area contributed by atoms with Crippen molar-refractivity contribution in [2.45, 2.75) is 45.2 Å². The minimum Gasteiger partial charge on any atom is -0.325 e. The molecule has 2 aliphatic rings. The lowest BCUT2D eigenvalue weighted by molar-refractivity contribution is -0.144. The molecule has 1 atom stereocenters. The number of aromatic nitrogens is 1. The van der Waals surface area contributed by atoms with E-state index in [2.05, 4.69) is 4.98 Å². The minimum absolute atomic E-state index is 0.0109. The third-order valence-electron chi connectivity index (χ3n) is 5.86. The average molecular weight is 432 g/mol. The first kappa shape index (κ1) is 20.2. The van der Waals surface area contributed by atoms with Crippen LogP contribution in [0.15, 0.2) is 36.5 Å². The number of pyridine rings is 1. The summed E-state index contributed by atoms with van der Waals surface area (Å²) in [7, 11) is 0. The Hall–Kier alpha value is -2.11. The summed E-state index contributed by atoms with van der Waals surface area (Å²) in [5.74, 6) is 0.865. The van der Waals surface area contributed by atoms with Crippen LogP contribution in [0, 0.1) is 12.8 Å². The van der Waals surface area contributed by atoms with E-state index < -0.39 is 6.04 Å². The predicted molar refractivity (Wildman–Crippen MR) is 114 cm³/mol. The molecular formula is C22H23Cl2N3O2. The summed E-state index contributed by atoms with van der Waals surface area (Å²) in [6, 6.07) is 8.70. The molecule has 5 nitrogen and oxygen atoms in total. The number of halogens is 2. The molecule has 1 saturated heterocycles. The van der Waals surface area contributed by atoms with E-state index in [-0.39, 0.29) is 18.4 Å². The molecule has 2 heterocycles. The van der Waals surface area contributed by atoms with Crippen LogP contribution in [0.4, 0.5) is 5.82 Å². The lowest BCUT2D eigenvalue weighted by atomic mass is 9.80. The van der Waals surface area contributed by atoms with Gasteiger partial charge in [-0.2, -0.15) is 0 Å². The van der Waals surface area contributed by atoms with Gasteiger partial charge in [0.1, 0.15) is 18.4 Å². The van der Waals surface area contributed by atoms with Crippen molar-refractivity contribution in [2.75, 3.05) is 11.4 Å². The number of anilines is 1. The number of hydrogen-bond donors (Lipinski definition) is 0. The fourth-order valence-electron chi connectivity index (χ4n) is 4.04. The van der Waals surface area contributed by atoms with E-state index in [4.69, 9.17) is 23.2 Å². The summed E-state index contributed by atoms with van der Waals surface area (Å²) >= 11 is 12.0. The third-order valence-corrected chi connectivity index (χ3v) is 6.32. The van der Waals surface area contributed by atoms with Gasteiger partial charge in [-0.15, -0.1) is 0 Å². The van der Waals surface area contributed by atoms with Crippen molar-refractivity contribution < 1.29 is 9.59 Å². The molecule has 7 heteroatoms. The third kappa shape index (κ3) is 4.26. The van der Waals surface area contributed by atoms with Crippen LogP contribution < -0.4 is 4.90 Å². The molecule has 4 rings (SSSR count). The molecule has 0 bridgehead atoms. The predicted octanol–water partition coefficient (Wildman–Crippen LogP) is 4.63. The number of nitrogens with zero attached hydrogens (tertiary/aromatic N) is 3. The maximum Gasteiger partial charge on any atom is 0.251 e. The molecule has 2 fully saturated rings. The number of rotatable bonds is 5. The first-order valence-electron chi connectivity index (χ1n) is 9.90. The van der Waals surface area contributed by atoms with Crippen LogP contribution in [0.2, 0.25) is 10.0 Å². The Balaban J connectivity index is 1.63. The smallest absolute Gasteiger partial charge is 0.251 e. The van der Waals surface area contributed by atoms with Gasteiger partial charge >= 0.3 is 0 Å². The zero-order valence-corrected chi connectivity index (χ0v) is 17.8. The highest BCUT2D eigenvalue weighted by molar-refractivity contribution is 6.30. The van der Waals surface area contributed by atoms with Gasteiger partial charge in [0.2, 0.25) is 5.91 Å². The first-order valence-corrected chi connectivity index (χ1v) is 10.7. The van der Waals surface area contributed by atoms with Crippen molar-refractivity contribution in [1.82, 2.24) is 9.88 Å². The number of carbonyl (C=O) groups excluding carboxylic acids is 2. The molecule has 2 amide bonds. The SMILES string of the molecule is Cc1cc(Cl)cnc1N1CC(=O)N(Cc2ccc(Cl)cc2)C(CC2CCC2)C1=O. The topological polar surface area (TPSA) is 53.5 Å². The average Bonchev–Trinajstić information content (AvgIpc) is 2.65. The van der Waals surface area contributed by atoms with Gasteiger partial charge in [0.15, 0.2) is 0 Å². The molecule has 1 unspecified atom stereocenters. The largest absolute Gasteiger partial charge is 0.325 e.